The minimum absolute atomic E-state index is 1.00. The minimum atomic E-state index is 1.00. The van der Waals surface area contributed by atoms with Crippen LogP contribution in [0.3, 0.4) is 0 Å². The molecule has 3 unspecified atom stereocenters. The number of rotatable bonds is 6. The van der Waals surface area contributed by atoms with Gasteiger partial charge in [-0.25, -0.2) is 0 Å². The standard InChI is InChI=1S/C15H29N/c1-3-5-12-6-7-14(11-16-4-2)15(10-12)13-8-9-13/h12-16H,3-11H2,1-2H3. The molecule has 0 amide bonds. The molecule has 1 nitrogen and oxygen atoms in total. The maximum atomic E-state index is 3.58. The Balaban J connectivity index is 1.83. The van der Waals surface area contributed by atoms with Crippen molar-refractivity contribution in [3.05, 3.63) is 0 Å². The Bertz CT molecular complexity index is 198. The topological polar surface area (TPSA) is 12.0 Å². The zero-order valence-electron chi connectivity index (χ0n) is 11.2. The van der Waals surface area contributed by atoms with Crippen molar-refractivity contribution in [1.29, 1.82) is 0 Å². The van der Waals surface area contributed by atoms with E-state index in [1.54, 1.807) is 6.42 Å². The maximum absolute atomic E-state index is 3.58. The number of hydrogen-bond donors (Lipinski definition) is 1. The van der Waals surface area contributed by atoms with Gasteiger partial charge in [-0.1, -0.05) is 33.1 Å². The van der Waals surface area contributed by atoms with Gasteiger partial charge < -0.3 is 5.32 Å². The number of nitrogens with one attached hydrogen (secondary N) is 1. The van der Waals surface area contributed by atoms with Gasteiger partial charge in [0.15, 0.2) is 0 Å². The highest BCUT2D eigenvalue weighted by Crippen LogP contribution is 2.48. The average molecular weight is 223 g/mol. The van der Waals surface area contributed by atoms with Gasteiger partial charge in [-0.15, -0.1) is 0 Å². The molecular formula is C15H29N. The Kier molecular flexibility index (Phi) is 4.69. The van der Waals surface area contributed by atoms with Crippen LogP contribution in [-0.2, 0) is 0 Å². The van der Waals surface area contributed by atoms with Crippen LogP contribution in [0.25, 0.3) is 0 Å². The fourth-order valence-electron chi connectivity index (χ4n) is 3.71. The summed E-state index contributed by atoms with van der Waals surface area (Å²) in [6.45, 7) is 7.01. The summed E-state index contributed by atoms with van der Waals surface area (Å²) >= 11 is 0. The third kappa shape index (κ3) is 3.23. The smallest absolute Gasteiger partial charge is 0.00179 e. The van der Waals surface area contributed by atoms with Gasteiger partial charge in [0.05, 0.1) is 0 Å². The molecule has 94 valence electrons. The third-order valence-corrected chi connectivity index (χ3v) is 4.74. The first-order chi connectivity index (χ1) is 7.85. The lowest BCUT2D eigenvalue weighted by Crippen LogP contribution is -2.34. The van der Waals surface area contributed by atoms with Crippen LogP contribution in [-0.4, -0.2) is 13.1 Å². The van der Waals surface area contributed by atoms with Gasteiger partial charge in [-0.3, -0.25) is 0 Å². The van der Waals surface area contributed by atoms with E-state index in [0.29, 0.717) is 0 Å². The fourth-order valence-corrected chi connectivity index (χ4v) is 3.71. The largest absolute Gasteiger partial charge is 0.317 e. The lowest BCUT2D eigenvalue weighted by Gasteiger charge is -2.36. The minimum Gasteiger partial charge on any atom is -0.317 e. The van der Waals surface area contributed by atoms with E-state index in [-0.39, 0.29) is 0 Å². The summed E-state index contributed by atoms with van der Waals surface area (Å²) in [5, 5.41) is 3.58. The SMILES string of the molecule is CCCC1CCC(CNCC)C(C2CC2)C1. The highest BCUT2D eigenvalue weighted by atomic mass is 14.8. The molecule has 2 fully saturated rings. The van der Waals surface area contributed by atoms with Crippen molar-refractivity contribution in [2.75, 3.05) is 13.1 Å². The molecule has 0 aromatic heterocycles. The van der Waals surface area contributed by atoms with Crippen LogP contribution in [0.5, 0.6) is 0 Å². The van der Waals surface area contributed by atoms with E-state index in [4.69, 9.17) is 0 Å². The van der Waals surface area contributed by atoms with E-state index < -0.39 is 0 Å². The Hall–Kier alpha value is -0.0400. The molecule has 2 aliphatic carbocycles. The van der Waals surface area contributed by atoms with Crippen molar-refractivity contribution < 1.29 is 0 Å². The van der Waals surface area contributed by atoms with Crippen LogP contribution in [0.1, 0.15) is 58.8 Å². The van der Waals surface area contributed by atoms with E-state index in [0.717, 1.165) is 30.2 Å². The molecule has 0 aliphatic heterocycles. The Morgan fingerprint density at radius 3 is 2.50 bits per heavy atom. The van der Waals surface area contributed by atoms with Crippen LogP contribution >= 0.6 is 0 Å². The lowest BCUT2D eigenvalue weighted by molar-refractivity contribution is 0.149. The average Bonchev–Trinajstić information content (AvgIpc) is 3.11. The molecule has 16 heavy (non-hydrogen) atoms. The second-order valence-electron chi connectivity index (χ2n) is 6.04. The van der Waals surface area contributed by atoms with Crippen molar-refractivity contribution in [3.63, 3.8) is 0 Å². The Morgan fingerprint density at radius 1 is 1.06 bits per heavy atom. The monoisotopic (exact) mass is 223 g/mol. The highest BCUT2D eigenvalue weighted by Gasteiger charge is 2.39. The van der Waals surface area contributed by atoms with Crippen LogP contribution in [0.2, 0.25) is 0 Å². The van der Waals surface area contributed by atoms with Crippen molar-refractivity contribution in [3.8, 4) is 0 Å². The molecule has 0 bridgehead atoms. The normalized spacial score (nSPS) is 35.2. The van der Waals surface area contributed by atoms with Crippen molar-refractivity contribution in [2.24, 2.45) is 23.7 Å². The molecule has 1 N–H and O–H groups in total. The first kappa shape index (κ1) is 12.4. The summed E-state index contributed by atoms with van der Waals surface area (Å²) in [5.74, 6) is 4.25. The zero-order valence-corrected chi connectivity index (χ0v) is 11.2. The molecule has 0 aromatic carbocycles. The predicted octanol–water partition coefficient (Wildman–Crippen LogP) is 3.84. The van der Waals surface area contributed by atoms with Crippen LogP contribution in [0.15, 0.2) is 0 Å². The summed E-state index contributed by atoms with van der Waals surface area (Å²) in [6, 6.07) is 0. The van der Waals surface area contributed by atoms with E-state index in [2.05, 4.69) is 19.2 Å². The zero-order chi connectivity index (χ0) is 11.4. The second kappa shape index (κ2) is 6.05. The lowest BCUT2D eigenvalue weighted by atomic mass is 9.70. The van der Waals surface area contributed by atoms with Gasteiger partial charge in [0.25, 0.3) is 0 Å². The summed E-state index contributed by atoms with van der Waals surface area (Å²) in [4.78, 5) is 0. The quantitative estimate of drug-likeness (QED) is 0.721. The summed E-state index contributed by atoms with van der Waals surface area (Å²) in [6.07, 6.45) is 10.5. The molecule has 0 aromatic rings. The van der Waals surface area contributed by atoms with Crippen LogP contribution < -0.4 is 5.32 Å². The molecule has 3 atom stereocenters. The molecule has 0 radical (unpaired) electrons. The van der Waals surface area contributed by atoms with Gasteiger partial charge in [0.2, 0.25) is 0 Å². The summed E-state index contributed by atoms with van der Waals surface area (Å²) in [5.41, 5.74) is 0. The first-order valence-corrected chi connectivity index (χ1v) is 7.55. The van der Waals surface area contributed by atoms with Crippen LogP contribution in [0, 0.1) is 23.7 Å². The first-order valence-electron chi connectivity index (χ1n) is 7.55. The molecule has 0 saturated heterocycles. The van der Waals surface area contributed by atoms with E-state index in [1.165, 1.54) is 45.1 Å². The fraction of sp³-hybridized carbons (Fsp3) is 1.00. The number of hydrogen-bond acceptors (Lipinski definition) is 1. The van der Waals surface area contributed by atoms with E-state index >= 15 is 0 Å². The second-order valence-corrected chi connectivity index (χ2v) is 6.04. The molecule has 2 rings (SSSR count). The summed E-state index contributed by atoms with van der Waals surface area (Å²) in [7, 11) is 0. The maximum Gasteiger partial charge on any atom is -0.00179 e. The third-order valence-electron chi connectivity index (χ3n) is 4.74. The van der Waals surface area contributed by atoms with Crippen LogP contribution in [0.4, 0.5) is 0 Å². The van der Waals surface area contributed by atoms with Gasteiger partial charge in [-0.05, 0) is 62.4 Å². The molecule has 2 aliphatic rings. The van der Waals surface area contributed by atoms with Crippen molar-refractivity contribution in [1.82, 2.24) is 5.32 Å². The highest BCUT2D eigenvalue weighted by molar-refractivity contribution is 4.90. The molecule has 2 saturated carbocycles. The summed E-state index contributed by atoms with van der Waals surface area (Å²) < 4.78 is 0. The van der Waals surface area contributed by atoms with Gasteiger partial charge in [0.1, 0.15) is 0 Å². The van der Waals surface area contributed by atoms with Gasteiger partial charge in [0, 0.05) is 0 Å². The molecule has 0 spiro atoms. The van der Waals surface area contributed by atoms with Crippen molar-refractivity contribution >= 4 is 0 Å². The molecular weight excluding hydrogens is 194 g/mol. The van der Waals surface area contributed by atoms with E-state index in [1.807, 2.05) is 0 Å². The molecule has 1 heteroatoms. The predicted molar refractivity (Wildman–Crippen MR) is 70.5 cm³/mol. The van der Waals surface area contributed by atoms with Gasteiger partial charge in [-0.2, -0.15) is 0 Å². The van der Waals surface area contributed by atoms with Crippen molar-refractivity contribution in [2.45, 2.75) is 58.8 Å². The van der Waals surface area contributed by atoms with E-state index in [9.17, 15) is 0 Å². The Morgan fingerprint density at radius 2 is 1.88 bits per heavy atom. The molecule has 0 heterocycles. The Labute approximate surface area is 101 Å². The van der Waals surface area contributed by atoms with Gasteiger partial charge >= 0.3 is 0 Å².